The van der Waals surface area contributed by atoms with E-state index < -0.39 is 0 Å². The Kier molecular flexibility index (Phi) is 9.91. The van der Waals surface area contributed by atoms with Crippen molar-refractivity contribution in [1.82, 2.24) is 14.7 Å². The summed E-state index contributed by atoms with van der Waals surface area (Å²) in [6.07, 6.45) is 3.26. The normalized spacial score (nSPS) is 13.9. The highest BCUT2D eigenvalue weighted by molar-refractivity contribution is 5.96. The van der Waals surface area contributed by atoms with Crippen LogP contribution in [0.15, 0.2) is 77.4 Å². The number of hydrogen-bond donors (Lipinski definition) is 0. The summed E-state index contributed by atoms with van der Waals surface area (Å²) >= 11 is 0. The summed E-state index contributed by atoms with van der Waals surface area (Å²) in [4.78, 5) is 33.0. The molecule has 1 saturated heterocycles. The fraction of sp³-hybridized carbons (Fsp3) is 0.400. The first-order valence-corrected chi connectivity index (χ1v) is 13.1. The number of hydrogen-bond acceptors (Lipinski definition) is 5. The van der Waals surface area contributed by atoms with Crippen molar-refractivity contribution in [3.05, 3.63) is 95.4 Å². The lowest BCUT2D eigenvalue weighted by atomic mass is 10.1. The highest BCUT2D eigenvalue weighted by Gasteiger charge is 2.24. The molecule has 2 amide bonds. The maximum absolute atomic E-state index is 13.6. The van der Waals surface area contributed by atoms with Crippen molar-refractivity contribution in [3.8, 4) is 0 Å². The van der Waals surface area contributed by atoms with Gasteiger partial charge in [0.25, 0.3) is 5.91 Å². The van der Waals surface area contributed by atoms with Crippen LogP contribution in [-0.4, -0.2) is 79.0 Å². The van der Waals surface area contributed by atoms with Crippen LogP contribution in [0.1, 0.15) is 34.2 Å². The van der Waals surface area contributed by atoms with Crippen LogP contribution in [0.5, 0.6) is 0 Å². The number of nitrogens with zero attached hydrogens (tertiary/aromatic N) is 3. The molecule has 0 unspecified atom stereocenters. The van der Waals surface area contributed by atoms with E-state index in [4.69, 9.17) is 9.15 Å². The molecule has 3 aromatic rings. The van der Waals surface area contributed by atoms with E-state index in [1.807, 2.05) is 54.6 Å². The lowest BCUT2D eigenvalue weighted by Crippen LogP contribution is -2.47. The Hall–Kier alpha value is -3.42. The topological polar surface area (TPSA) is 66.2 Å². The zero-order valence-corrected chi connectivity index (χ0v) is 21.7. The van der Waals surface area contributed by atoms with E-state index in [-0.39, 0.29) is 18.4 Å². The zero-order chi connectivity index (χ0) is 25.9. The first-order chi connectivity index (χ1) is 18.1. The molecular weight excluding hydrogens is 466 g/mol. The van der Waals surface area contributed by atoms with Gasteiger partial charge in [0, 0.05) is 38.3 Å². The lowest BCUT2D eigenvalue weighted by molar-refractivity contribution is -0.132. The van der Waals surface area contributed by atoms with Crippen molar-refractivity contribution in [1.29, 1.82) is 0 Å². The third kappa shape index (κ3) is 8.03. The second-order valence-corrected chi connectivity index (χ2v) is 9.36. The monoisotopic (exact) mass is 503 g/mol. The summed E-state index contributed by atoms with van der Waals surface area (Å²) in [6, 6.07) is 21.5. The molecule has 0 aliphatic carbocycles. The first-order valence-electron chi connectivity index (χ1n) is 13.1. The highest BCUT2D eigenvalue weighted by atomic mass is 16.5. The zero-order valence-electron chi connectivity index (χ0n) is 21.7. The van der Waals surface area contributed by atoms with Crippen molar-refractivity contribution in [2.24, 2.45) is 0 Å². The highest BCUT2D eigenvalue weighted by Crippen LogP contribution is 2.13. The fourth-order valence-corrected chi connectivity index (χ4v) is 4.46. The first kappa shape index (κ1) is 26.6. The lowest BCUT2D eigenvalue weighted by Gasteiger charge is -2.31. The molecule has 0 atom stereocenters. The predicted molar refractivity (Wildman–Crippen MR) is 143 cm³/mol. The smallest absolute Gasteiger partial charge is 0.254 e. The van der Waals surface area contributed by atoms with Gasteiger partial charge in [-0.2, -0.15) is 0 Å². The fourth-order valence-electron chi connectivity index (χ4n) is 4.46. The SMILES string of the molecule is CCc1ccc(C(=O)N(CCN2CCOCC2)CC(=O)N(CCc2ccccc2)Cc2ccco2)cc1. The Labute approximate surface area is 219 Å². The molecule has 2 heterocycles. The van der Waals surface area contributed by atoms with E-state index in [0.29, 0.717) is 45.0 Å². The van der Waals surface area contributed by atoms with E-state index in [2.05, 4.69) is 24.0 Å². The van der Waals surface area contributed by atoms with E-state index in [0.717, 1.165) is 37.3 Å². The van der Waals surface area contributed by atoms with Gasteiger partial charge in [-0.25, -0.2) is 0 Å². The number of carbonyl (C=O) groups excluding carboxylic acids is 2. The van der Waals surface area contributed by atoms with Crippen LogP contribution in [0.25, 0.3) is 0 Å². The minimum absolute atomic E-state index is 0.0220. The number of benzene rings is 2. The summed E-state index contributed by atoms with van der Waals surface area (Å²) < 4.78 is 11.0. The standard InChI is InChI=1S/C30H37N3O4/c1-2-25-10-12-27(13-11-25)30(35)33(17-16-31-18-21-36-22-19-31)24-29(34)32(23-28-9-6-20-37-28)15-14-26-7-4-3-5-8-26/h3-13,20H,2,14-19,21-24H2,1H3. The van der Waals surface area contributed by atoms with Gasteiger partial charge in [-0.3, -0.25) is 14.5 Å². The number of ether oxygens (including phenoxy) is 1. The minimum atomic E-state index is -0.120. The molecule has 1 aromatic heterocycles. The summed E-state index contributed by atoms with van der Waals surface area (Å²) in [5, 5.41) is 0. The third-order valence-electron chi connectivity index (χ3n) is 6.81. The quantitative estimate of drug-likeness (QED) is 0.375. The van der Waals surface area contributed by atoms with Crippen molar-refractivity contribution >= 4 is 11.8 Å². The molecule has 2 aromatic carbocycles. The Bertz CT molecular complexity index is 1090. The van der Waals surface area contributed by atoms with Crippen molar-refractivity contribution in [2.75, 3.05) is 52.5 Å². The summed E-state index contributed by atoms with van der Waals surface area (Å²) in [6.45, 7) is 7.28. The summed E-state index contributed by atoms with van der Waals surface area (Å²) in [7, 11) is 0. The second kappa shape index (κ2) is 13.8. The predicted octanol–water partition coefficient (Wildman–Crippen LogP) is 3.89. The number of rotatable bonds is 12. The van der Waals surface area contributed by atoms with Crippen molar-refractivity contribution in [2.45, 2.75) is 26.3 Å². The number of morpholine rings is 1. The molecule has 1 aliphatic heterocycles. The maximum Gasteiger partial charge on any atom is 0.254 e. The molecule has 7 nitrogen and oxygen atoms in total. The van der Waals surface area contributed by atoms with Crippen LogP contribution in [0.2, 0.25) is 0 Å². The molecule has 0 bridgehead atoms. The van der Waals surface area contributed by atoms with Crippen LogP contribution >= 0.6 is 0 Å². The number of amides is 2. The number of aryl methyl sites for hydroxylation is 1. The van der Waals surface area contributed by atoms with Gasteiger partial charge in [-0.15, -0.1) is 0 Å². The second-order valence-electron chi connectivity index (χ2n) is 9.36. The van der Waals surface area contributed by atoms with Gasteiger partial charge in [-0.1, -0.05) is 49.4 Å². The van der Waals surface area contributed by atoms with E-state index in [9.17, 15) is 9.59 Å². The minimum Gasteiger partial charge on any atom is -0.467 e. The van der Waals surface area contributed by atoms with Crippen LogP contribution < -0.4 is 0 Å². The van der Waals surface area contributed by atoms with Gasteiger partial charge < -0.3 is 19.0 Å². The van der Waals surface area contributed by atoms with Gasteiger partial charge in [0.1, 0.15) is 12.3 Å². The molecule has 37 heavy (non-hydrogen) atoms. The molecule has 1 aliphatic rings. The van der Waals surface area contributed by atoms with E-state index in [1.165, 1.54) is 5.56 Å². The molecule has 1 fully saturated rings. The average molecular weight is 504 g/mol. The molecule has 0 radical (unpaired) electrons. The number of furan rings is 1. The van der Waals surface area contributed by atoms with Gasteiger partial charge in [0.2, 0.25) is 5.91 Å². The van der Waals surface area contributed by atoms with Crippen LogP contribution in [0, 0.1) is 0 Å². The third-order valence-corrected chi connectivity index (χ3v) is 6.81. The Morgan fingerprint density at radius 2 is 1.62 bits per heavy atom. The van der Waals surface area contributed by atoms with Crippen LogP contribution in [0.3, 0.4) is 0 Å². The Morgan fingerprint density at radius 1 is 0.865 bits per heavy atom. The van der Waals surface area contributed by atoms with Crippen molar-refractivity contribution in [3.63, 3.8) is 0 Å². The molecule has 4 rings (SSSR count). The molecular formula is C30H37N3O4. The molecule has 0 spiro atoms. The van der Waals surface area contributed by atoms with Gasteiger partial charge in [0.05, 0.1) is 26.0 Å². The van der Waals surface area contributed by atoms with Gasteiger partial charge >= 0.3 is 0 Å². The Morgan fingerprint density at radius 3 is 2.30 bits per heavy atom. The van der Waals surface area contributed by atoms with E-state index in [1.54, 1.807) is 16.1 Å². The summed E-state index contributed by atoms with van der Waals surface area (Å²) in [5.74, 6) is 0.515. The van der Waals surface area contributed by atoms with Crippen LogP contribution in [-0.2, 0) is 28.9 Å². The van der Waals surface area contributed by atoms with Gasteiger partial charge in [0.15, 0.2) is 0 Å². The molecule has 0 saturated carbocycles. The van der Waals surface area contributed by atoms with Crippen LogP contribution in [0.4, 0.5) is 0 Å². The van der Waals surface area contributed by atoms with E-state index >= 15 is 0 Å². The Balaban J connectivity index is 1.48. The average Bonchev–Trinajstić information content (AvgIpc) is 3.47. The van der Waals surface area contributed by atoms with Crippen molar-refractivity contribution < 1.29 is 18.7 Å². The molecule has 0 N–H and O–H groups in total. The van der Waals surface area contributed by atoms with Gasteiger partial charge in [-0.05, 0) is 48.2 Å². The largest absolute Gasteiger partial charge is 0.467 e. The molecule has 196 valence electrons. The summed E-state index contributed by atoms with van der Waals surface area (Å²) in [5.41, 5.74) is 2.95. The number of carbonyl (C=O) groups is 2. The molecule has 7 heteroatoms. The maximum atomic E-state index is 13.6.